The highest BCUT2D eigenvalue weighted by atomic mass is 32.1. The lowest BCUT2D eigenvalue weighted by Crippen LogP contribution is -2.41. The summed E-state index contributed by atoms with van der Waals surface area (Å²) < 4.78 is 5.33. The second-order valence-corrected chi connectivity index (χ2v) is 7.69. The van der Waals surface area contributed by atoms with E-state index in [9.17, 15) is 9.59 Å². The van der Waals surface area contributed by atoms with Gasteiger partial charge in [0.25, 0.3) is 5.91 Å². The first-order valence-corrected chi connectivity index (χ1v) is 10.2. The summed E-state index contributed by atoms with van der Waals surface area (Å²) in [7, 11) is 1.59. The molecule has 0 aliphatic carbocycles. The van der Waals surface area contributed by atoms with Gasteiger partial charge in [-0.3, -0.25) is 20.0 Å². The number of carbonyl (C=O) groups excluding carboxylic acids is 2. The summed E-state index contributed by atoms with van der Waals surface area (Å²) in [6.45, 7) is 1.13. The number of carbonyl (C=O) groups is 2. The van der Waals surface area contributed by atoms with E-state index in [2.05, 4.69) is 20.5 Å². The van der Waals surface area contributed by atoms with E-state index < -0.39 is 0 Å². The van der Waals surface area contributed by atoms with Crippen LogP contribution in [0, 0.1) is 5.92 Å². The van der Waals surface area contributed by atoms with Gasteiger partial charge in [-0.15, -0.1) is 16.4 Å². The summed E-state index contributed by atoms with van der Waals surface area (Å²) in [4.78, 5) is 31.9. The molecule has 1 aromatic carbocycles. The fourth-order valence-corrected chi connectivity index (χ4v) is 4.08. The van der Waals surface area contributed by atoms with Crippen LogP contribution in [-0.4, -0.2) is 52.1 Å². The van der Waals surface area contributed by atoms with E-state index in [1.807, 2.05) is 46.7 Å². The molecule has 0 bridgehead atoms. The van der Waals surface area contributed by atoms with E-state index in [4.69, 9.17) is 4.74 Å². The van der Waals surface area contributed by atoms with Gasteiger partial charge >= 0.3 is 0 Å². The van der Waals surface area contributed by atoms with E-state index in [1.54, 1.807) is 7.11 Å². The Morgan fingerprint density at radius 1 is 1.21 bits per heavy atom. The van der Waals surface area contributed by atoms with Crippen LogP contribution in [-0.2, 0) is 4.79 Å². The van der Waals surface area contributed by atoms with Gasteiger partial charge in [0.2, 0.25) is 11.9 Å². The number of nitrogens with zero attached hydrogens (tertiary/aromatic N) is 3. The molecular formula is C20H21N5O3S. The maximum absolute atomic E-state index is 12.6. The van der Waals surface area contributed by atoms with Gasteiger partial charge in [-0.1, -0.05) is 18.2 Å². The third-order valence-corrected chi connectivity index (χ3v) is 5.83. The molecule has 8 nitrogen and oxygen atoms in total. The van der Waals surface area contributed by atoms with Crippen LogP contribution in [0.1, 0.15) is 22.5 Å². The topological polar surface area (TPSA) is 100 Å². The van der Waals surface area contributed by atoms with E-state index in [1.165, 1.54) is 11.3 Å². The van der Waals surface area contributed by atoms with Crippen molar-refractivity contribution in [2.75, 3.05) is 25.5 Å². The van der Waals surface area contributed by atoms with Crippen molar-refractivity contribution in [1.29, 1.82) is 0 Å². The lowest BCUT2D eigenvalue weighted by molar-refractivity contribution is -0.121. The molecular weight excluding hydrogens is 390 g/mol. The van der Waals surface area contributed by atoms with E-state index in [0.717, 1.165) is 10.4 Å². The van der Waals surface area contributed by atoms with Gasteiger partial charge in [-0.25, -0.2) is 0 Å². The van der Waals surface area contributed by atoms with Crippen LogP contribution < -0.4 is 10.1 Å². The number of para-hydroxylation sites is 1. The molecule has 4 rings (SSSR count). The Morgan fingerprint density at radius 2 is 2.00 bits per heavy atom. The average molecular weight is 411 g/mol. The molecule has 1 aliphatic heterocycles. The fraction of sp³-hybridized carbons (Fsp3) is 0.300. The van der Waals surface area contributed by atoms with Crippen LogP contribution in [0.2, 0.25) is 0 Å². The van der Waals surface area contributed by atoms with Gasteiger partial charge < -0.3 is 9.64 Å². The molecule has 0 unspecified atom stereocenters. The predicted molar refractivity (Wildman–Crippen MR) is 110 cm³/mol. The Morgan fingerprint density at radius 3 is 2.72 bits per heavy atom. The number of ether oxygens (including phenoxy) is 1. The maximum atomic E-state index is 12.6. The smallest absolute Gasteiger partial charge is 0.263 e. The zero-order chi connectivity index (χ0) is 20.2. The Labute approximate surface area is 171 Å². The quantitative estimate of drug-likeness (QED) is 0.672. The molecule has 1 fully saturated rings. The summed E-state index contributed by atoms with van der Waals surface area (Å²) in [6, 6.07) is 11.1. The molecule has 0 spiro atoms. The van der Waals surface area contributed by atoms with E-state index in [-0.39, 0.29) is 23.7 Å². The summed E-state index contributed by atoms with van der Waals surface area (Å²) >= 11 is 1.44. The summed E-state index contributed by atoms with van der Waals surface area (Å²) in [5.74, 6) is 1.16. The van der Waals surface area contributed by atoms with Crippen LogP contribution in [0.5, 0.6) is 5.75 Å². The molecule has 29 heavy (non-hydrogen) atoms. The highest BCUT2D eigenvalue weighted by Gasteiger charge is 2.28. The van der Waals surface area contributed by atoms with Crippen LogP contribution in [0.25, 0.3) is 11.4 Å². The fourth-order valence-electron chi connectivity index (χ4n) is 3.39. The maximum Gasteiger partial charge on any atom is 0.263 e. The van der Waals surface area contributed by atoms with Crippen LogP contribution >= 0.6 is 11.3 Å². The lowest BCUT2D eigenvalue weighted by Gasteiger charge is -2.30. The number of methoxy groups -OCH3 is 1. The number of aromatic amines is 1. The Bertz CT molecular complexity index is 993. The molecule has 2 aromatic heterocycles. The second kappa shape index (κ2) is 8.44. The molecule has 9 heteroatoms. The molecule has 150 valence electrons. The van der Waals surface area contributed by atoms with Crippen molar-refractivity contribution < 1.29 is 14.3 Å². The predicted octanol–water partition coefficient (Wildman–Crippen LogP) is 3.03. The number of piperidine rings is 1. The van der Waals surface area contributed by atoms with E-state index >= 15 is 0 Å². The molecule has 1 saturated heterocycles. The van der Waals surface area contributed by atoms with Crippen LogP contribution in [0.4, 0.5) is 5.95 Å². The lowest BCUT2D eigenvalue weighted by atomic mass is 9.96. The SMILES string of the molecule is COc1ccccc1-c1nc(NC(=O)C2CCN(C(=O)c3cccs3)CC2)n[nH]1. The van der Waals surface area contributed by atoms with Gasteiger partial charge in [-0.05, 0) is 36.4 Å². The van der Waals surface area contributed by atoms with Crippen molar-refractivity contribution in [1.82, 2.24) is 20.1 Å². The first-order chi connectivity index (χ1) is 14.2. The van der Waals surface area contributed by atoms with Crippen molar-refractivity contribution in [2.24, 2.45) is 5.92 Å². The van der Waals surface area contributed by atoms with Gasteiger partial charge in [0, 0.05) is 19.0 Å². The van der Waals surface area contributed by atoms with Crippen molar-refractivity contribution in [3.05, 3.63) is 46.7 Å². The summed E-state index contributed by atoms with van der Waals surface area (Å²) in [5.41, 5.74) is 0.767. The number of hydrogen-bond donors (Lipinski definition) is 2. The number of H-pyrrole nitrogens is 1. The molecule has 3 aromatic rings. The van der Waals surface area contributed by atoms with E-state index in [0.29, 0.717) is 37.5 Å². The number of likely N-dealkylation sites (tertiary alicyclic amines) is 1. The van der Waals surface area contributed by atoms with Crippen molar-refractivity contribution in [2.45, 2.75) is 12.8 Å². The van der Waals surface area contributed by atoms with Gasteiger partial charge in [-0.2, -0.15) is 4.98 Å². The Kier molecular flexibility index (Phi) is 5.57. The van der Waals surface area contributed by atoms with Crippen molar-refractivity contribution >= 4 is 29.1 Å². The number of rotatable bonds is 5. The standard InChI is InChI=1S/C20H21N5O3S/c1-28-15-6-3-2-5-14(15)17-21-20(24-23-17)22-18(26)13-8-10-25(11-9-13)19(27)16-7-4-12-29-16/h2-7,12-13H,8-11H2,1H3,(H2,21,22,23,24,26). The van der Waals surface area contributed by atoms with Crippen LogP contribution in [0.15, 0.2) is 41.8 Å². The highest BCUT2D eigenvalue weighted by Crippen LogP contribution is 2.27. The highest BCUT2D eigenvalue weighted by molar-refractivity contribution is 7.12. The molecule has 0 radical (unpaired) electrons. The summed E-state index contributed by atoms with van der Waals surface area (Å²) in [6.07, 6.45) is 1.24. The third kappa shape index (κ3) is 4.14. The van der Waals surface area contributed by atoms with Crippen molar-refractivity contribution in [3.8, 4) is 17.1 Å². The zero-order valence-corrected chi connectivity index (χ0v) is 16.7. The minimum absolute atomic E-state index is 0.0364. The number of nitrogens with one attached hydrogen (secondary N) is 2. The monoisotopic (exact) mass is 411 g/mol. The zero-order valence-electron chi connectivity index (χ0n) is 15.9. The normalized spacial score (nSPS) is 14.6. The third-order valence-electron chi connectivity index (χ3n) is 4.97. The second-order valence-electron chi connectivity index (χ2n) is 6.74. The van der Waals surface area contributed by atoms with Gasteiger partial charge in [0.05, 0.1) is 17.6 Å². The molecule has 2 amide bonds. The first-order valence-electron chi connectivity index (χ1n) is 9.35. The minimum atomic E-state index is -0.171. The number of hydrogen-bond acceptors (Lipinski definition) is 6. The number of benzene rings is 1. The number of aromatic nitrogens is 3. The Hall–Kier alpha value is -3.20. The van der Waals surface area contributed by atoms with Gasteiger partial charge in [0.15, 0.2) is 5.82 Å². The molecule has 2 N–H and O–H groups in total. The number of amides is 2. The molecule has 0 saturated carbocycles. The van der Waals surface area contributed by atoms with Crippen molar-refractivity contribution in [3.63, 3.8) is 0 Å². The molecule has 0 atom stereocenters. The number of thiophene rings is 1. The largest absolute Gasteiger partial charge is 0.496 e. The molecule has 3 heterocycles. The average Bonchev–Trinajstić information content (AvgIpc) is 3.46. The number of anilines is 1. The van der Waals surface area contributed by atoms with Crippen LogP contribution in [0.3, 0.4) is 0 Å². The summed E-state index contributed by atoms with van der Waals surface area (Å²) in [5, 5.41) is 11.6. The molecule has 1 aliphatic rings. The first kappa shape index (κ1) is 19.1. The van der Waals surface area contributed by atoms with Gasteiger partial charge in [0.1, 0.15) is 5.75 Å². The Balaban J connectivity index is 1.35. The minimum Gasteiger partial charge on any atom is -0.496 e.